The molecule has 0 heterocycles. The highest BCUT2D eigenvalue weighted by atomic mass is 19.1. The lowest BCUT2D eigenvalue weighted by Crippen LogP contribution is -2.20. The van der Waals surface area contributed by atoms with Crippen LogP contribution in [-0.2, 0) is 6.42 Å². The molecule has 96 valence electrons. The molecule has 1 unspecified atom stereocenters. The topological polar surface area (TPSA) is 55.5 Å². The largest absolute Gasteiger partial charge is 0.493 e. The summed E-state index contributed by atoms with van der Waals surface area (Å²) in [6.07, 6.45) is 1.43. The zero-order valence-corrected chi connectivity index (χ0v) is 10.2. The number of aliphatic hydroxyl groups is 1. The molecule has 1 aromatic rings. The van der Waals surface area contributed by atoms with Crippen molar-refractivity contribution in [1.29, 1.82) is 0 Å². The second-order valence-electron chi connectivity index (χ2n) is 4.09. The van der Waals surface area contributed by atoms with Crippen LogP contribution in [-0.4, -0.2) is 24.9 Å². The van der Waals surface area contributed by atoms with E-state index in [-0.39, 0.29) is 18.3 Å². The lowest BCUT2D eigenvalue weighted by atomic mass is 9.99. The van der Waals surface area contributed by atoms with Crippen molar-refractivity contribution in [2.75, 3.05) is 19.8 Å². The van der Waals surface area contributed by atoms with Gasteiger partial charge in [-0.1, -0.05) is 6.92 Å². The van der Waals surface area contributed by atoms with E-state index in [9.17, 15) is 4.39 Å². The predicted octanol–water partition coefficient (Wildman–Crippen LogP) is 1.72. The van der Waals surface area contributed by atoms with Crippen LogP contribution in [0.5, 0.6) is 5.75 Å². The van der Waals surface area contributed by atoms with Gasteiger partial charge in [0, 0.05) is 6.61 Å². The third-order valence-electron chi connectivity index (χ3n) is 2.58. The molecule has 0 radical (unpaired) electrons. The van der Waals surface area contributed by atoms with Crippen LogP contribution in [0.1, 0.15) is 18.9 Å². The summed E-state index contributed by atoms with van der Waals surface area (Å²) in [4.78, 5) is 0. The van der Waals surface area contributed by atoms with Crippen LogP contribution in [0.4, 0.5) is 4.39 Å². The maximum atomic E-state index is 13.2. The van der Waals surface area contributed by atoms with E-state index >= 15 is 0 Å². The average molecular weight is 241 g/mol. The average Bonchev–Trinajstić information content (AvgIpc) is 2.35. The molecule has 0 spiro atoms. The van der Waals surface area contributed by atoms with Crippen molar-refractivity contribution in [2.24, 2.45) is 11.7 Å². The maximum absolute atomic E-state index is 13.2. The monoisotopic (exact) mass is 241 g/mol. The molecule has 4 heteroatoms. The van der Waals surface area contributed by atoms with Gasteiger partial charge in [0.25, 0.3) is 0 Å². The van der Waals surface area contributed by atoms with Gasteiger partial charge in [-0.25, -0.2) is 4.39 Å². The van der Waals surface area contributed by atoms with E-state index in [1.165, 1.54) is 12.1 Å². The fraction of sp³-hybridized carbons (Fsp3) is 0.538. The zero-order valence-electron chi connectivity index (χ0n) is 10.2. The van der Waals surface area contributed by atoms with Gasteiger partial charge in [0.05, 0.1) is 6.61 Å². The number of nitrogens with two attached hydrogens (primary N) is 1. The maximum Gasteiger partial charge on any atom is 0.123 e. The molecule has 0 amide bonds. The summed E-state index contributed by atoms with van der Waals surface area (Å²) in [5, 5.41) is 9.11. The number of hydrogen-bond acceptors (Lipinski definition) is 3. The summed E-state index contributed by atoms with van der Waals surface area (Å²) in [6, 6.07) is 4.46. The molecule has 0 fully saturated rings. The number of halogens is 1. The van der Waals surface area contributed by atoms with Gasteiger partial charge >= 0.3 is 0 Å². The Morgan fingerprint density at radius 1 is 1.47 bits per heavy atom. The quantitative estimate of drug-likeness (QED) is 0.764. The molecule has 0 aliphatic rings. The number of rotatable bonds is 7. The Labute approximate surface area is 101 Å². The molecule has 0 aliphatic carbocycles. The van der Waals surface area contributed by atoms with Crippen LogP contribution in [0, 0.1) is 11.7 Å². The van der Waals surface area contributed by atoms with Crippen molar-refractivity contribution < 1.29 is 14.2 Å². The van der Waals surface area contributed by atoms with Crippen LogP contribution < -0.4 is 10.5 Å². The molecule has 1 rings (SSSR count). The number of hydrogen-bond donors (Lipinski definition) is 2. The first-order valence-electron chi connectivity index (χ1n) is 5.93. The molecule has 0 bridgehead atoms. The summed E-state index contributed by atoms with van der Waals surface area (Å²) in [5.41, 5.74) is 6.29. The fourth-order valence-electron chi connectivity index (χ4n) is 1.59. The molecule has 3 nitrogen and oxygen atoms in total. The minimum atomic E-state index is -0.294. The Morgan fingerprint density at radius 3 is 2.82 bits per heavy atom. The Hall–Kier alpha value is -1.13. The molecular weight excluding hydrogens is 221 g/mol. The molecule has 1 atom stereocenters. The minimum absolute atomic E-state index is 0.000229. The fourth-order valence-corrected chi connectivity index (χ4v) is 1.59. The first kappa shape index (κ1) is 13.9. The molecule has 0 saturated carbocycles. The van der Waals surface area contributed by atoms with E-state index in [0.29, 0.717) is 25.3 Å². The van der Waals surface area contributed by atoms with Gasteiger partial charge in [0.1, 0.15) is 11.6 Å². The Balaban J connectivity index is 2.82. The smallest absolute Gasteiger partial charge is 0.123 e. The van der Waals surface area contributed by atoms with Gasteiger partial charge in [0.2, 0.25) is 0 Å². The van der Waals surface area contributed by atoms with Crippen molar-refractivity contribution in [2.45, 2.75) is 19.8 Å². The SMILES string of the molecule is CCCOc1ccc(F)cc1CC(CN)CO. The van der Waals surface area contributed by atoms with E-state index in [1.807, 2.05) is 6.92 Å². The molecule has 0 aromatic heterocycles. The van der Waals surface area contributed by atoms with Crippen molar-refractivity contribution in [3.63, 3.8) is 0 Å². The lowest BCUT2D eigenvalue weighted by molar-refractivity contribution is 0.228. The zero-order chi connectivity index (χ0) is 12.7. The number of benzene rings is 1. The van der Waals surface area contributed by atoms with E-state index in [1.54, 1.807) is 6.07 Å². The van der Waals surface area contributed by atoms with Crippen molar-refractivity contribution in [1.82, 2.24) is 0 Å². The van der Waals surface area contributed by atoms with Gasteiger partial charge in [0.15, 0.2) is 0 Å². The Kier molecular flexibility index (Phi) is 5.94. The van der Waals surface area contributed by atoms with E-state index in [2.05, 4.69) is 0 Å². The number of aliphatic hydroxyl groups excluding tert-OH is 1. The van der Waals surface area contributed by atoms with E-state index in [4.69, 9.17) is 15.6 Å². The summed E-state index contributed by atoms with van der Waals surface area (Å²) in [5.74, 6) is 0.332. The highest BCUT2D eigenvalue weighted by Crippen LogP contribution is 2.23. The first-order valence-corrected chi connectivity index (χ1v) is 5.93. The first-order chi connectivity index (χ1) is 8.21. The number of ether oxygens (including phenoxy) is 1. The van der Waals surface area contributed by atoms with E-state index in [0.717, 1.165) is 12.0 Å². The Morgan fingerprint density at radius 2 is 2.24 bits per heavy atom. The summed E-state index contributed by atoms with van der Waals surface area (Å²) >= 11 is 0. The van der Waals surface area contributed by atoms with Gasteiger partial charge in [-0.15, -0.1) is 0 Å². The highest BCUT2D eigenvalue weighted by Gasteiger charge is 2.11. The van der Waals surface area contributed by atoms with Crippen LogP contribution in [0.25, 0.3) is 0 Å². The van der Waals surface area contributed by atoms with Crippen LogP contribution in [0.15, 0.2) is 18.2 Å². The third kappa shape index (κ3) is 4.32. The molecule has 3 N–H and O–H groups in total. The molecule has 1 aromatic carbocycles. The van der Waals surface area contributed by atoms with Crippen LogP contribution in [0.3, 0.4) is 0 Å². The van der Waals surface area contributed by atoms with Gasteiger partial charge < -0.3 is 15.6 Å². The highest BCUT2D eigenvalue weighted by molar-refractivity contribution is 5.34. The van der Waals surface area contributed by atoms with E-state index < -0.39 is 0 Å². The van der Waals surface area contributed by atoms with Crippen LogP contribution in [0.2, 0.25) is 0 Å². The molecule has 17 heavy (non-hydrogen) atoms. The summed E-state index contributed by atoms with van der Waals surface area (Å²) < 4.78 is 18.7. The van der Waals surface area contributed by atoms with Crippen molar-refractivity contribution in [3.05, 3.63) is 29.6 Å². The van der Waals surface area contributed by atoms with Gasteiger partial charge in [-0.3, -0.25) is 0 Å². The summed E-state index contributed by atoms with van der Waals surface area (Å²) in [6.45, 7) is 2.99. The molecule has 0 saturated heterocycles. The van der Waals surface area contributed by atoms with Crippen molar-refractivity contribution in [3.8, 4) is 5.75 Å². The van der Waals surface area contributed by atoms with Crippen LogP contribution >= 0.6 is 0 Å². The standard InChI is InChI=1S/C13H20FNO2/c1-2-5-17-13-4-3-12(14)7-11(13)6-10(8-15)9-16/h3-4,7,10,16H,2,5-6,8-9,15H2,1H3. The summed E-state index contributed by atoms with van der Waals surface area (Å²) in [7, 11) is 0. The third-order valence-corrected chi connectivity index (χ3v) is 2.58. The lowest BCUT2D eigenvalue weighted by Gasteiger charge is -2.15. The second kappa shape index (κ2) is 7.25. The predicted molar refractivity (Wildman–Crippen MR) is 65.5 cm³/mol. The second-order valence-corrected chi connectivity index (χ2v) is 4.09. The Bertz CT molecular complexity index is 340. The molecule has 0 aliphatic heterocycles. The van der Waals surface area contributed by atoms with Gasteiger partial charge in [-0.2, -0.15) is 0 Å². The molecular formula is C13H20FNO2. The minimum Gasteiger partial charge on any atom is -0.493 e. The van der Waals surface area contributed by atoms with Gasteiger partial charge in [-0.05, 0) is 49.1 Å². The normalized spacial score (nSPS) is 12.5. The van der Waals surface area contributed by atoms with Crippen molar-refractivity contribution >= 4 is 0 Å².